The van der Waals surface area contributed by atoms with Crippen molar-refractivity contribution < 1.29 is 14.7 Å². The van der Waals surface area contributed by atoms with E-state index in [-0.39, 0.29) is 6.10 Å². The molecule has 1 aromatic rings. The zero-order valence-electron chi connectivity index (χ0n) is 13.0. The van der Waals surface area contributed by atoms with Crippen LogP contribution in [0.1, 0.15) is 26.3 Å². The number of hydrogen-bond donors (Lipinski definition) is 1. The summed E-state index contributed by atoms with van der Waals surface area (Å²) >= 11 is 0. The molecule has 0 radical (unpaired) electrons. The van der Waals surface area contributed by atoms with Gasteiger partial charge in [0, 0.05) is 19.1 Å². The molecule has 2 rings (SSSR count). The highest BCUT2D eigenvalue weighted by Gasteiger charge is 2.22. The molecule has 1 aromatic carbocycles. The second-order valence-electron chi connectivity index (χ2n) is 5.60. The fourth-order valence-electron chi connectivity index (χ4n) is 2.35. The van der Waals surface area contributed by atoms with Crippen LogP contribution in [0.5, 0.6) is 5.75 Å². The minimum Gasteiger partial charge on any atom is -0.491 e. The van der Waals surface area contributed by atoms with Crippen molar-refractivity contribution in [2.24, 2.45) is 5.16 Å². The number of oxime groups is 1. The molecular weight excluding hydrogens is 268 g/mol. The normalized spacial score (nSPS) is 20.8. The van der Waals surface area contributed by atoms with Crippen molar-refractivity contribution in [2.45, 2.75) is 32.9 Å². The van der Waals surface area contributed by atoms with Gasteiger partial charge in [0.1, 0.15) is 18.5 Å². The largest absolute Gasteiger partial charge is 0.491 e. The standard InChI is InChI=1S/C16H24N2O3/c1-12(2)18-8-9-20-16(10-18)11-21-15-6-4-14(5-7-15)13(3)17-19/h4-7,12,16,19H,8-11H2,1-3H3. The summed E-state index contributed by atoms with van der Waals surface area (Å²) in [6.45, 7) is 9.37. The van der Waals surface area contributed by atoms with Crippen LogP contribution < -0.4 is 4.74 Å². The molecule has 0 amide bonds. The maximum Gasteiger partial charge on any atom is 0.119 e. The van der Waals surface area contributed by atoms with E-state index >= 15 is 0 Å². The Bertz CT molecular complexity index is 471. The van der Waals surface area contributed by atoms with E-state index in [1.807, 2.05) is 24.3 Å². The Labute approximate surface area is 126 Å². The highest BCUT2D eigenvalue weighted by molar-refractivity contribution is 5.98. The summed E-state index contributed by atoms with van der Waals surface area (Å²) in [6.07, 6.45) is 0.113. The van der Waals surface area contributed by atoms with Gasteiger partial charge in [-0.05, 0) is 50.6 Å². The number of hydrogen-bond acceptors (Lipinski definition) is 5. The molecule has 116 valence electrons. The van der Waals surface area contributed by atoms with E-state index in [1.54, 1.807) is 6.92 Å². The molecule has 1 aliphatic heterocycles. The Morgan fingerprint density at radius 1 is 1.43 bits per heavy atom. The van der Waals surface area contributed by atoms with Crippen molar-refractivity contribution in [2.75, 3.05) is 26.3 Å². The third kappa shape index (κ3) is 4.44. The molecule has 1 aliphatic rings. The maximum absolute atomic E-state index is 8.74. The minimum absolute atomic E-state index is 0.113. The van der Waals surface area contributed by atoms with E-state index in [9.17, 15) is 0 Å². The van der Waals surface area contributed by atoms with Gasteiger partial charge in [-0.15, -0.1) is 0 Å². The van der Waals surface area contributed by atoms with Gasteiger partial charge in [-0.25, -0.2) is 0 Å². The summed E-state index contributed by atoms with van der Waals surface area (Å²) in [4.78, 5) is 2.40. The van der Waals surface area contributed by atoms with Crippen LogP contribution in [-0.2, 0) is 4.74 Å². The van der Waals surface area contributed by atoms with Crippen molar-refractivity contribution in [3.05, 3.63) is 29.8 Å². The Morgan fingerprint density at radius 3 is 2.76 bits per heavy atom. The molecule has 1 unspecified atom stereocenters. The predicted octanol–water partition coefficient (Wildman–Crippen LogP) is 2.37. The van der Waals surface area contributed by atoms with Crippen LogP contribution >= 0.6 is 0 Å². The molecule has 5 heteroatoms. The number of morpholine rings is 1. The molecule has 0 spiro atoms. The minimum atomic E-state index is 0.113. The predicted molar refractivity (Wildman–Crippen MR) is 82.4 cm³/mol. The fraction of sp³-hybridized carbons (Fsp3) is 0.562. The zero-order chi connectivity index (χ0) is 15.2. The fourth-order valence-corrected chi connectivity index (χ4v) is 2.35. The number of benzene rings is 1. The molecule has 5 nitrogen and oxygen atoms in total. The van der Waals surface area contributed by atoms with Crippen LogP contribution in [0.2, 0.25) is 0 Å². The first kappa shape index (κ1) is 15.8. The van der Waals surface area contributed by atoms with E-state index < -0.39 is 0 Å². The molecule has 0 aromatic heterocycles. The van der Waals surface area contributed by atoms with Crippen LogP contribution in [0.15, 0.2) is 29.4 Å². The molecule has 1 heterocycles. The van der Waals surface area contributed by atoms with Crippen LogP contribution in [0.4, 0.5) is 0 Å². The lowest BCUT2D eigenvalue weighted by Gasteiger charge is -2.35. The maximum atomic E-state index is 8.74. The quantitative estimate of drug-likeness (QED) is 0.514. The Morgan fingerprint density at radius 2 is 2.14 bits per heavy atom. The van der Waals surface area contributed by atoms with Crippen molar-refractivity contribution >= 4 is 5.71 Å². The number of rotatable bonds is 5. The molecule has 1 atom stereocenters. The third-order valence-corrected chi connectivity index (χ3v) is 3.76. The van der Waals surface area contributed by atoms with Gasteiger partial charge in [-0.3, -0.25) is 4.90 Å². The van der Waals surface area contributed by atoms with Gasteiger partial charge >= 0.3 is 0 Å². The van der Waals surface area contributed by atoms with E-state index in [0.29, 0.717) is 18.4 Å². The molecule has 1 saturated heterocycles. The summed E-state index contributed by atoms with van der Waals surface area (Å²) in [5.74, 6) is 0.801. The highest BCUT2D eigenvalue weighted by Crippen LogP contribution is 2.15. The Kier molecular flexibility index (Phi) is 5.59. The van der Waals surface area contributed by atoms with Gasteiger partial charge in [0.2, 0.25) is 0 Å². The van der Waals surface area contributed by atoms with Crippen LogP contribution in [0.3, 0.4) is 0 Å². The van der Waals surface area contributed by atoms with E-state index in [0.717, 1.165) is 31.0 Å². The van der Waals surface area contributed by atoms with Crippen molar-refractivity contribution in [3.63, 3.8) is 0 Å². The first-order valence-electron chi connectivity index (χ1n) is 7.37. The first-order valence-corrected chi connectivity index (χ1v) is 7.37. The Balaban J connectivity index is 1.85. The molecular formula is C16H24N2O3. The molecule has 1 fully saturated rings. The lowest BCUT2D eigenvalue weighted by atomic mass is 10.1. The van der Waals surface area contributed by atoms with Gasteiger partial charge < -0.3 is 14.7 Å². The van der Waals surface area contributed by atoms with Crippen molar-refractivity contribution in [1.29, 1.82) is 0 Å². The molecule has 0 saturated carbocycles. The lowest BCUT2D eigenvalue weighted by molar-refractivity contribution is -0.0564. The zero-order valence-corrected chi connectivity index (χ0v) is 13.0. The second kappa shape index (κ2) is 7.43. The van der Waals surface area contributed by atoms with E-state index in [2.05, 4.69) is 23.9 Å². The number of nitrogens with zero attached hydrogens (tertiary/aromatic N) is 2. The highest BCUT2D eigenvalue weighted by atomic mass is 16.5. The molecule has 1 N–H and O–H groups in total. The summed E-state index contributed by atoms with van der Waals surface area (Å²) in [5.41, 5.74) is 1.47. The molecule has 21 heavy (non-hydrogen) atoms. The summed E-state index contributed by atoms with van der Waals surface area (Å²) in [7, 11) is 0. The Hall–Kier alpha value is -1.59. The average molecular weight is 292 g/mol. The topological polar surface area (TPSA) is 54.3 Å². The van der Waals surface area contributed by atoms with Gasteiger partial charge in [0.15, 0.2) is 0 Å². The third-order valence-electron chi connectivity index (χ3n) is 3.76. The lowest BCUT2D eigenvalue weighted by Crippen LogP contribution is -2.47. The second-order valence-corrected chi connectivity index (χ2v) is 5.60. The van der Waals surface area contributed by atoms with E-state index in [1.165, 1.54) is 0 Å². The SMILES string of the molecule is CC(=NO)c1ccc(OCC2CN(C(C)C)CCO2)cc1. The van der Waals surface area contributed by atoms with E-state index in [4.69, 9.17) is 14.7 Å². The van der Waals surface area contributed by atoms with Crippen LogP contribution in [-0.4, -0.2) is 54.3 Å². The van der Waals surface area contributed by atoms with Crippen LogP contribution in [0, 0.1) is 0 Å². The number of ether oxygens (including phenoxy) is 2. The average Bonchev–Trinajstić information content (AvgIpc) is 2.53. The summed E-state index contributed by atoms with van der Waals surface area (Å²) in [6, 6.07) is 8.07. The van der Waals surface area contributed by atoms with Gasteiger partial charge in [0.25, 0.3) is 0 Å². The van der Waals surface area contributed by atoms with Gasteiger partial charge in [-0.2, -0.15) is 0 Å². The molecule has 0 aliphatic carbocycles. The van der Waals surface area contributed by atoms with Crippen molar-refractivity contribution in [1.82, 2.24) is 4.90 Å². The van der Waals surface area contributed by atoms with Crippen LogP contribution in [0.25, 0.3) is 0 Å². The first-order chi connectivity index (χ1) is 10.1. The summed E-state index contributed by atoms with van der Waals surface area (Å²) in [5, 5.41) is 11.9. The van der Waals surface area contributed by atoms with Gasteiger partial charge in [0.05, 0.1) is 12.3 Å². The smallest absolute Gasteiger partial charge is 0.119 e. The summed E-state index contributed by atoms with van der Waals surface area (Å²) < 4.78 is 11.5. The molecule has 0 bridgehead atoms. The van der Waals surface area contributed by atoms with Gasteiger partial charge in [-0.1, -0.05) is 5.16 Å². The van der Waals surface area contributed by atoms with Crippen molar-refractivity contribution in [3.8, 4) is 5.75 Å². The monoisotopic (exact) mass is 292 g/mol.